The molecular formula is C23H40. The van der Waals surface area contributed by atoms with Crippen molar-refractivity contribution in [2.45, 2.75) is 117 Å². The number of rotatable bonds is 0. The first-order valence-electron chi connectivity index (χ1n) is 11.0. The predicted molar refractivity (Wildman–Crippen MR) is 99.5 cm³/mol. The molecule has 0 N–H and O–H groups in total. The maximum absolute atomic E-state index is 2.47. The summed E-state index contributed by atoms with van der Waals surface area (Å²) in [5, 5.41) is 0. The van der Waals surface area contributed by atoms with Crippen LogP contribution in [-0.2, 0) is 0 Å². The Morgan fingerprint density at radius 1 is 0.391 bits per heavy atom. The average molecular weight is 317 g/mol. The van der Waals surface area contributed by atoms with Gasteiger partial charge < -0.3 is 0 Å². The van der Waals surface area contributed by atoms with Gasteiger partial charge in [-0.2, -0.15) is 0 Å². The van der Waals surface area contributed by atoms with Crippen molar-refractivity contribution in [3.8, 4) is 0 Å². The van der Waals surface area contributed by atoms with E-state index in [1.54, 1.807) is 77.0 Å². The maximum atomic E-state index is 2.47. The highest BCUT2D eigenvalue weighted by molar-refractivity contribution is 5.00. The van der Waals surface area contributed by atoms with E-state index in [0.29, 0.717) is 0 Å². The van der Waals surface area contributed by atoms with Gasteiger partial charge in [0.1, 0.15) is 0 Å². The molecule has 0 saturated heterocycles. The van der Waals surface area contributed by atoms with Crippen LogP contribution >= 0.6 is 0 Å². The lowest BCUT2D eigenvalue weighted by Crippen LogP contribution is -2.41. The Balaban J connectivity index is 1.32. The minimum atomic E-state index is 0.794. The van der Waals surface area contributed by atoms with E-state index in [9.17, 15) is 0 Å². The molecule has 132 valence electrons. The van der Waals surface area contributed by atoms with Gasteiger partial charge in [0, 0.05) is 0 Å². The molecule has 0 amide bonds. The maximum Gasteiger partial charge on any atom is -0.0297 e. The van der Waals surface area contributed by atoms with E-state index in [0.717, 1.165) is 28.1 Å². The van der Waals surface area contributed by atoms with Crippen LogP contribution in [0.3, 0.4) is 0 Å². The lowest BCUT2D eigenvalue weighted by atomic mass is 9.51. The first kappa shape index (κ1) is 16.5. The molecule has 4 rings (SSSR count). The second kappa shape index (κ2) is 6.06. The van der Waals surface area contributed by atoms with Crippen LogP contribution in [0, 0.1) is 28.1 Å². The fourth-order valence-electron chi connectivity index (χ4n) is 6.87. The van der Waals surface area contributed by atoms with Gasteiger partial charge in [0.15, 0.2) is 0 Å². The molecule has 0 nitrogen and oxygen atoms in total. The first-order valence-corrected chi connectivity index (χ1v) is 11.0. The van der Waals surface area contributed by atoms with E-state index in [2.05, 4.69) is 13.8 Å². The second-order valence-electron chi connectivity index (χ2n) is 10.9. The fourth-order valence-corrected chi connectivity index (χ4v) is 6.87. The summed E-state index contributed by atoms with van der Waals surface area (Å²) in [5.74, 6) is 2.03. The van der Waals surface area contributed by atoms with Gasteiger partial charge in [-0.1, -0.05) is 39.5 Å². The van der Waals surface area contributed by atoms with Crippen molar-refractivity contribution in [2.24, 2.45) is 28.1 Å². The van der Waals surface area contributed by atoms with Crippen LogP contribution in [0.2, 0.25) is 0 Å². The Labute approximate surface area is 145 Å². The standard InChI is InChI=1S/C23H40/c1-19-3-7-21(8-4-19)11-15-23(16-12-21)17-13-22(14-18-23)9-5-20(2)6-10-22/h19-20H,3-18H2,1-2H3. The van der Waals surface area contributed by atoms with Crippen molar-refractivity contribution in [3.63, 3.8) is 0 Å². The van der Waals surface area contributed by atoms with Crippen molar-refractivity contribution in [3.05, 3.63) is 0 Å². The molecule has 4 saturated carbocycles. The highest BCUT2D eigenvalue weighted by Crippen LogP contribution is 2.61. The first-order chi connectivity index (χ1) is 11.0. The summed E-state index contributed by atoms with van der Waals surface area (Å²) in [6.45, 7) is 4.95. The van der Waals surface area contributed by atoms with Crippen molar-refractivity contribution >= 4 is 0 Å². The van der Waals surface area contributed by atoms with Gasteiger partial charge in [-0.3, -0.25) is 0 Å². The summed E-state index contributed by atoms with van der Waals surface area (Å²) in [6.07, 6.45) is 25.0. The SMILES string of the molecule is CC1CCC2(CC1)CCC1(CC2)CCC2(CCC(C)CC2)CC1. The Morgan fingerprint density at radius 3 is 0.870 bits per heavy atom. The predicted octanol–water partition coefficient (Wildman–Crippen LogP) is 7.51. The molecule has 0 aromatic carbocycles. The topological polar surface area (TPSA) is 0 Å². The third kappa shape index (κ3) is 3.25. The van der Waals surface area contributed by atoms with Crippen LogP contribution in [0.4, 0.5) is 0 Å². The van der Waals surface area contributed by atoms with Gasteiger partial charge in [-0.25, -0.2) is 0 Å². The molecule has 0 heteroatoms. The van der Waals surface area contributed by atoms with Gasteiger partial charge in [-0.15, -0.1) is 0 Å². The third-order valence-electron chi connectivity index (χ3n) is 9.41. The summed E-state index contributed by atoms with van der Waals surface area (Å²) in [6, 6.07) is 0. The molecule has 0 atom stereocenters. The lowest BCUT2D eigenvalue weighted by Gasteiger charge is -2.54. The Kier molecular flexibility index (Phi) is 4.34. The minimum Gasteiger partial charge on any atom is -0.0625 e. The van der Waals surface area contributed by atoms with Gasteiger partial charge in [0.25, 0.3) is 0 Å². The largest absolute Gasteiger partial charge is 0.0625 e. The molecule has 0 aromatic heterocycles. The molecule has 0 aromatic rings. The monoisotopic (exact) mass is 316 g/mol. The van der Waals surface area contributed by atoms with Crippen molar-refractivity contribution in [1.29, 1.82) is 0 Å². The number of hydrogen-bond donors (Lipinski definition) is 0. The van der Waals surface area contributed by atoms with Gasteiger partial charge in [0.2, 0.25) is 0 Å². The van der Waals surface area contributed by atoms with Gasteiger partial charge in [0.05, 0.1) is 0 Å². The molecule has 0 heterocycles. The highest BCUT2D eigenvalue weighted by atomic mass is 14.5. The summed E-state index contributed by atoms with van der Waals surface area (Å²) < 4.78 is 0. The molecule has 4 fully saturated rings. The summed E-state index contributed by atoms with van der Waals surface area (Å²) in [4.78, 5) is 0. The summed E-state index contributed by atoms with van der Waals surface area (Å²) in [5.41, 5.74) is 2.39. The Morgan fingerprint density at radius 2 is 0.609 bits per heavy atom. The summed E-state index contributed by atoms with van der Waals surface area (Å²) in [7, 11) is 0. The van der Waals surface area contributed by atoms with E-state index in [4.69, 9.17) is 0 Å². The molecule has 3 spiro atoms. The number of hydrogen-bond acceptors (Lipinski definition) is 0. The lowest BCUT2D eigenvalue weighted by molar-refractivity contribution is -0.0261. The average Bonchev–Trinajstić information content (AvgIpc) is 2.59. The van der Waals surface area contributed by atoms with Crippen molar-refractivity contribution in [1.82, 2.24) is 0 Å². The highest BCUT2D eigenvalue weighted by Gasteiger charge is 2.48. The van der Waals surface area contributed by atoms with Crippen LogP contribution in [0.15, 0.2) is 0 Å². The quantitative estimate of drug-likeness (QED) is 0.433. The van der Waals surface area contributed by atoms with Crippen LogP contribution in [0.1, 0.15) is 117 Å². The van der Waals surface area contributed by atoms with E-state index >= 15 is 0 Å². The zero-order valence-corrected chi connectivity index (χ0v) is 16.0. The van der Waals surface area contributed by atoms with E-state index in [1.165, 1.54) is 25.7 Å². The smallest absolute Gasteiger partial charge is 0.0297 e. The molecule has 4 aliphatic carbocycles. The molecule has 0 unspecified atom stereocenters. The molecule has 0 aliphatic heterocycles. The van der Waals surface area contributed by atoms with E-state index in [-0.39, 0.29) is 0 Å². The summed E-state index contributed by atoms with van der Waals surface area (Å²) >= 11 is 0. The fraction of sp³-hybridized carbons (Fsp3) is 1.00. The van der Waals surface area contributed by atoms with E-state index in [1.807, 2.05) is 0 Å². The Bertz CT molecular complexity index is 340. The molecule has 0 radical (unpaired) electrons. The van der Waals surface area contributed by atoms with Crippen molar-refractivity contribution < 1.29 is 0 Å². The zero-order chi connectivity index (χ0) is 16.0. The van der Waals surface area contributed by atoms with Crippen LogP contribution in [0.5, 0.6) is 0 Å². The molecule has 0 bridgehead atoms. The normalized spacial score (nSPS) is 51.4. The van der Waals surface area contributed by atoms with Crippen LogP contribution in [0.25, 0.3) is 0 Å². The van der Waals surface area contributed by atoms with Crippen LogP contribution in [-0.4, -0.2) is 0 Å². The third-order valence-corrected chi connectivity index (χ3v) is 9.41. The minimum absolute atomic E-state index is 0.794. The zero-order valence-electron chi connectivity index (χ0n) is 16.0. The van der Waals surface area contributed by atoms with E-state index < -0.39 is 0 Å². The van der Waals surface area contributed by atoms with Crippen molar-refractivity contribution in [2.75, 3.05) is 0 Å². The Hall–Kier alpha value is 0. The van der Waals surface area contributed by atoms with Gasteiger partial charge in [-0.05, 0) is 105 Å². The molecular weight excluding hydrogens is 276 g/mol. The van der Waals surface area contributed by atoms with Crippen LogP contribution < -0.4 is 0 Å². The molecule has 23 heavy (non-hydrogen) atoms. The molecule has 4 aliphatic rings. The second-order valence-corrected chi connectivity index (χ2v) is 10.9. The van der Waals surface area contributed by atoms with Gasteiger partial charge >= 0.3 is 0 Å².